The van der Waals surface area contributed by atoms with E-state index < -0.39 is 0 Å². The molecule has 0 fully saturated rings. The number of nitrogens with zero attached hydrogens (tertiary/aromatic N) is 3. The van der Waals surface area contributed by atoms with Gasteiger partial charge in [-0.1, -0.05) is 23.9 Å². The van der Waals surface area contributed by atoms with Gasteiger partial charge < -0.3 is 4.98 Å². The van der Waals surface area contributed by atoms with Gasteiger partial charge in [0.2, 0.25) is 5.16 Å². The summed E-state index contributed by atoms with van der Waals surface area (Å²) >= 11 is 2.67. The highest BCUT2D eigenvalue weighted by Gasteiger charge is 2.11. The second kappa shape index (κ2) is 6.17. The first-order valence-corrected chi connectivity index (χ1v) is 8.84. The van der Waals surface area contributed by atoms with Gasteiger partial charge in [0.25, 0.3) is 5.56 Å². The van der Waals surface area contributed by atoms with Gasteiger partial charge in [-0.2, -0.15) is 0 Å². The van der Waals surface area contributed by atoms with Crippen LogP contribution in [0.2, 0.25) is 0 Å². The Bertz CT molecular complexity index is 1070. The van der Waals surface area contributed by atoms with Crippen molar-refractivity contribution in [1.29, 1.82) is 0 Å². The maximum absolute atomic E-state index is 13.8. The number of hydrogen-bond acceptors (Lipinski definition) is 6. The van der Waals surface area contributed by atoms with E-state index in [0.29, 0.717) is 38.3 Å². The molecule has 0 unspecified atom stereocenters. The van der Waals surface area contributed by atoms with Gasteiger partial charge in [0.05, 0.1) is 16.8 Å². The fourth-order valence-corrected chi connectivity index (χ4v) is 3.60. The first-order chi connectivity index (χ1) is 11.7. The predicted octanol–water partition coefficient (Wildman–Crippen LogP) is 3.20. The highest BCUT2D eigenvalue weighted by molar-refractivity contribution is 7.98. The normalized spacial score (nSPS) is 11.2. The highest BCUT2D eigenvalue weighted by Crippen LogP contribution is 2.23. The number of hydrogen-bond donors (Lipinski definition) is 2. The van der Waals surface area contributed by atoms with Crippen LogP contribution in [0.5, 0.6) is 0 Å². The van der Waals surface area contributed by atoms with E-state index in [0.717, 1.165) is 0 Å². The topological polar surface area (TPSA) is 87.3 Å². The van der Waals surface area contributed by atoms with E-state index in [1.165, 1.54) is 29.2 Å². The Morgan fingerprint density at radius 3 is 2.96 bits per heavy atom. The Labute approximate surface area is 143 Å². The number of thioether (sulfide) groups is 1. The third-order valence-electron chi connectivity index (χ3n) is 3.30. The second-order valence-corrected chi connectivity index (χ2v) is 6.74. The van der Waals surface area contributed by atoms with Crippen LogP contribution in [0.4, 0.5) is 4.39 Å². The first-order valence-electron chi connectivity index (χ1n) is 6.97. The standard InChI is InChI=1S/C15H10FN5OS2/c16-9-4-2-1-3-8(9)13-19-15(21-20-13)24-7-11-17-10-5-6-23-12(10)14(22)18-11/h1-6H,7H2,(H,17,18,22)(H,19,20,21). The molecule has 2 N–H and O–H groups in total. The SMILES string of the molecule is O=c1[nH]c(CSc2n[nH]c(-c3ccccc3F)n2)nc2ccsc12. The van der Waals surface area contributed by atoms with Crippen LogP contribution in [0, 0.1) is 5.82 Å². The van der Waals surface area contributed by atoms with Crippen molar-refractivity contribution in [2.75, 3.05) is 0 Å². The number of halogens is 1. The molecule has 0 radical (unpaired) electrons. The Kier molecular flexibility index (Phi) is 3.87. The van der Waals surface area contributed by atoms with Gasteiger partial charge in [0.15, 0.2) is 5.82 Å². The van der Waals surface area contributed by atoms with E-state index in [1.54, 1.807) is 18.2 Å². The summed E-state index contributed by atoms with van der Waals surface area (Å²) in [6, 6.07) is 8.17. The van der Waals surface area contributed by atoms with Gasteiger partial charge in [-0.25, -0.2) is 14.4 Å². The number of fused-ring (bicyclic) bond motifs is 1. The maximum atomic E-state index is 13.8. The number of nitrogens with one attached hydrogen (secondary N) is 2. The Morgan fingerprint density at radius 1 is 1.21 bits per heavy atom. The fourth-order valence-electron chi connectivity index (χ4n) is 2.21. The molecule has 0 saturated heterocycles. The zero-order chi connectivity index (χ0) is 16.5. The van der Waals surface area contributed by atoms with Crippen molar-refractivity contribution in [2.24, 2.45) is 0 Å². The van der Waals surface area contributed by atoms with E-state index >= 15 is 0 Å². The molecule has 3 aromatic heterocycles. The van der Waals surface area contributed by atoms with E-state index in [-0.39, 0.29) is 11.4 Å². The molecule has 24 heavy (non-hydrogen) atoms. The maximum Gasteiger partial charge on any atom is 0.268 e. The molecule has 6 nitrogen and oxygen atoms in total. The molecule has 0 aliphatic rings. The molecule has 0 amide bonds. The van der Waals surface area contributed by atoms with Crippen LogP contribution >= 0.6 is 23.1 Å². The minimum Gasteiger partial charge on any atom is -0.309 e. The number of H-pyrrole nitrogens is 2. The smallest absolute Gasteiger partial charge is 0.268 e. The van der Waals surface area contributed by atoms with Crippen molar-refractivity contribution in [3.05, 3.63) is 57.7 Å². The van der Waals surface area contributed by atoms with Gasteiger partial charge in [-0.3, -0.25) is 9.89 Å². The average Bonchev–Trinajstić information content (AvgIpc) is 3.22. The van der Waals surface area contributed by atoms with Crippen molar-refractivity contribution in [3.63, 3.8) is 0 Å². The Balaban J connectivity index is 1.54. The van der Waals surface area contributed by atoms with Gasteiger partial charge in [0, 0.05) is 0 Å². The lowest BCUT2D eigenvalue weighted by Gasteiger charge is -1.98. The summed E-state index contributed by atoms with van der Waals surface area (Å²) in [4.78, 5) is 23.3. The van der Waals surface area contributed by atoms with Crippen LogP contribution in [0.25, 0.3) is 21.6 Å². The minimum absolute atomic E-state index is 0.146. The van der Waals surface area contributed by atoms with E-state index in [9.17, 15) is 9.18 Å². The Hall–Kier alpha value is -2.52. The number of benzene rings is 1. The fraction of sp³-hybridized carbons (Fsp3) is 0.0667. The molecule has 0 aliphatic heterocycles. The number of aromatic nitrogens is 5. The summed E-state index contributed by atoms with van der Waals surface area (Å²) < 4.78 is 14.4. The largest absolute Gasteiger partial charge is 0.309 e. The molecule has 0 aliphatic carbocycles. The third kappa shape index (κ3) is 2.83. The molecule has 1 aromatic carbocycles. The molecule has 0 bridgehead atoms. The lowest BCUT2D eigenvalue weighted by molar-refractivity contribution is 0.630. The predicted molar refractivity (Wildman–Crippen MR) is 91.6 cm³/mol. The summed E-state index contributed by atoms with van der Waals surface area (Å²) in [5.74, 6) is 0.966. The minimum atomic E-state index is -0.362. The molecule has 3 heterocycles. The molecule has 0 saturated carbocycles. The van der Waals surface area contributed by atoms with Crippen molar-refractivity contribution < 1.29 is 4.39 Å². The average molecular weight is 359 g/mol. The van der Waals surface area contributed by atoms with Crippen LogP contribution in [0.3, 0.4) is 0 Å². The van der Waals surface area contributed by atoms with Crippen molar-refractivity contribution in [1.82, 2.24) is 25.1 Å². The lowest BCUT2D eigenvalue weighted by Crippen LogP contribution is -2.09. The molecular weight excluding hydrogens is 349 g/mol. The molecule has 0 spiro atoms. The molecule has 120 valence electrons. The monoisotopic (exact) mass is 359 g/mol. The van der Waals surface area contributed by atoms with Gasteiger partial charge >= 0.3 is 0 Å². The van der Waals surface area contributed by atoms with Crippen LogP contribution in [0.1, 0.15) is 5.82 Å². The lowest BCUT2D eigenvalue weighted by atomic mass is 10.2. The summed E-state index contributed by atoms with van der Waals surface area (Å²) in [6.45, 7) is 0. The third-order valence-corrected chi connectivity index (χ3v) is 5.06. The summed E-state index contributed by atoms with van der Waals surface area (Å²) in [5, 5.41) is 9.08. The van der Waals surface area contributed by atoms with Crippen molar-refractivity contribution >= 4 is 33.3 Å². The molecular formula is C15H10FN5OS2. The van der Waals surface area contributed by atoms with Crippen LogP contribution in [-0.4, -0.2) is 25.1 Å². The number of thiophene rings is 1. The Morgan fingerprint density at radius 2 is 2.08 bits per heavy atom. The number of aromatic amines is 2. The van der Waals surface area contributed by atoms with E-state index in [1.807, 2.05) is 11.4 Å². The van der Waals surface area contributed by atoms with Gasteiger partial charge in [-0.15, -0.1) is 16.4 Å². The number of rotatable bonds is 4. The van der Waals surface area contributed by atoms with E-state index in [4.69, 9.17) is 0 Å². The van der Waals surface area contributed by atoms with Gasteiger partial charge in [0.1, 0.15) is 16.3 Å². The van der Waals surface area contributed by atoms with Crippen LogP contribution < -0.4 is 5.56 Å². The van der Waals surface area contributed by atoms with Crippen molar-refractivity contribution in [3.8, 4) is 11.4 Å². The zero-order valence-electron chi connectivity index (χ0n) is 12.1. The first kappa shape index (κ1) is 15.0. The van der Waals surface area contributed by atoms with Gasteiger partial charge in [-0.05, 0) is 23.6 Å². The molecule has 4 aromatic rings. The summed E-state index contributed by atoms with van der Waals surface area (Å²) in [6.07, 6.45) is 0. The van der Waals surface area contributed by atoms with Crippen molar-refractivity contribution in [2.45, 2.75) is 10.9 Å². The highest BCUT2D eigenvalue weighted by atomic mass is 32.2. The molecule has 9 heteroatoms. The second-order valence-electron chi connectivity index (χ2n) is 4.88. The van der Waals surface area contributed by atoms with E-state index in [2.05, 4.69) is 25.1 Å². The van der Waals surface area contributed by atoms with Crippen LogP contribution in [-0.2, 0) is 5.75 Å². The molecule has 0 atom stereocenters. The quantitative estimate of drug-likeness (QED) is 0.546. The summed E-state index contributed by atoms with van der Waals surface area (Å²) in [7, 11) is 0. The summed E-state index contributed by atoms with van der Waals surface area (Å²) in [5.41, 5.74) is 0.900. The zero-order valence-corrected chi connectivity index (χ0v) is 13.7. The molecule has 4 rings (SSSR count). The van der Waals surface area contributed by atoms with Crippen LogP contribution in [0.15, 0.2) is 45.7 Å².